The lowest BCUT2D eigenvalue weighted by Crippen LogP contribution is -2.36. The first-order chi connectivity index (χ1) is 17.0. The van der Waals surface area contributed by atoms with Crippen LogP contribution in [0.15, 0.2) is 93.9 Å². The van der Waals surface area contributed by atoms with Gasteiger partial charge in [0, 0.05) is 16.4 Å². The quantitative estimate of drug-likeness (QED) is 0.293. The number of aromatic nitrogens is 1. The molecule has 4 aromatic rings. The van der Waals surface area contributed by atoms with Gasteiger partial charge < -0.3 is 20.0 Å². The summed E-state index contributed by atoms with van der Waals surface area (Å²) < 4.78 is 21.4. The van der Waals surface area contributed by atoms with Crippen LogP contribution in [0, 0.1) is 5.82 Å². The van der Waals surface area contributed by atoms with E-state index in [1.165, 1.54) is 6.07 Å². The summed E-state index contributed by atoms with van der Waals surface area (Å²) in [5.41, 5.74) is 1.79. The number of amides is 1. The number of pyridine rings is 1. The highest BCUT2D eigenvalue weighted by atomic mass is 79.9. The van der Waals surface area contributed by atoms with Crippen LogP contribution in [-0.4, -0.2) is 27.4 Å². The van der Waals surface area contributed by atoms with Gasteiger partial charge >= 0.3 is 0 Å². The number of halogens is 2. The Morgan fingerprint density at radius 1 is 1.11 bits per heavy atom. The van der Waals surface area contributed by atoms with E-state index in [9.17, 15) is 9.18 Å². The number of furan rings is 1. The highest BCUT2D eigenvalue weighted by Crippen LogP contribution is 2.40. The molecule has 1 fully saturated rings. The minimum Gasteiger partial charge on any atom is -0.459 e. The molecular formula is C26H20BrFN4O2S. The van der Waals surface area contributed by atoms with Gasteiger partial charge in [-0.1, -0.05) is 40.2 Å². The predicted molar refractivity (Wildman–Crippen MR) is 139 cm³/mol. The summed E-state index contributed by atoms with van der Waals surface area (Å²) in [6, 6.07) is 22.3. The number of anilines is 1. The van der Waals surface area contributed by atoms with Gasteiger partial charge in [0.2, 0.25) is 5.91 Å². The SMILES string of the molecule is O=C(CN1C(=S)NC(c2ccccn2)C1c1ccc(-c2ccc(Br)cc2F)o1)Nc1ccccc1. The summed E-state index contributed by atoms with van der Waals surface area (Å²) in [6.45, 7) is -0.00257. The standard InChI is InChI=1S/C26H20BrFN4O2S/c27-16-9-10-18(19(28)14-16)21-11-12-22(34-21)25-24(20-8-4-5-13-29-20)31-26(35)32(25)15-23(33)30-17-6-2-1-3-7-17/h1-14,24-25H,15H2,(H,30,33)(H,31,35). The van der Waals surface area contributed by atoms with E-state index in [-0.39, 0.29) is 18.5 Å². The van der Waals surface area contributed by atoms with E-state index in [4.69, 9.17) is 16.6 Å². The average Bonchev–Trinajstić information content (AvgIpc) is 3.45. The molecule has 2 N–H and O–H groups in total. The molecule has 0 radical (unpaired) electrons. The maximum atomic E-state index is 14.6. The van der Waals surface area contributed by atoms with Crippen LogP contribution >= 0.6 is 28.1 Å². The van der Waals surface area contributed by atoms with E-state index in [0.29, 0.717) is 32.4 Å². The third kappa shape index (κ3) is 4.96. The monoisotopic (exact) mass is 550 g/mol. The number of benzene rings is 2. The lowest BCUT2D eigenvalue weighted by atomic mass is 10.0. The van der Waals surface area contributed by atoms with Crippen LogP contribution in [-0.2, 0) is 4.79 Å². The van der Waals surface area contributed by atoms with Gasteiger partial charge in [0.15, 0.2) is 5.11 Å². The second-order valence-corrected chi connectivity index (χ2v) is 9.30. The molecule has 6 nitrogen and oxygen atoms in total. The van der Waals surface area contributed by atoms with Crippen molar-refractivity contribution >= 4 is 44.9 Å². The second-order valence-electron chi connectivity index (χ2n) is 7.99. The summed E-state index contributed by atoms with van der Waals surface area (Å²) in [7, 11) is 0. The Hall–Kier alpha value is -3.56. The van der Waals surface area contributed by atoms with E-state index >= 15 is 0 Å². The summed E-state index contributed by atoms with van der Waals surface area (Å²) in [6.07, 6.45) is 1.70. The Bertz CT molecular complexity index is 1370. The molecule has 0 bridgehead atoms. The molecule has 1 aliphatic rings. The van der Waals surface area contributed by atoms with Crippen molar-refractivity contribution < 1.29 is 13.6 Å². The first-order valence-electron chi connectivity index (χ1n) is 10.9. The molecule has 2 unspecified atom stereocenters. The summed E-state index contributed by atoms with van der Waals surface area (Å²) in [5, 5.41) is 6.58. The van der Waals surface area contributed by atoms with Gasteiger partial charge in [-0.3, -0.25) is 9.78 Å². The fourth-order valence-corrected chi connectivity index (χ4v) is 4.75. The van der Waals surface area contributed by atoms with Crippen LogP contribution in [0.5, 0.6) is 0 Å². The van der Waals surface area contributed by atoms with Crippen LogP contribution < -0.4 is 10.6 Å². The fraction of sp³-hybridized carbons (Fsp3) is 0.115. The Kier molecular flexibility index (Phi) is 6.61. The van der Waals surface area contributed by atoms with Gasteiger partial charge in [-0.05, 0) is 66.8 Å². The molecule has 0 saturated carbocycles. The molecule has 1 aliphatic heterocycles. The smallest absolute Gasteiger partial charge is 0.244 e. The van der Waals surface area contributed by atoms with Gasteiger partial charge in [0.05, 0.1) is 17.3 Å². The molecule has 5 rings (SSSR count). The van der Waals surface area contributed by atoms with Gasteiger partial charge in [-0.15, -0.1) is 0 Å². The fourth-order valence-electron chi connectivity index (χ4n) is 4.11. The zero-order valence-electron chi connectivity index (χ0n) is 18.3. The number of hydrogen-bond acceptors (Lipinski definition) is 4. The third-order valence-corrected chi connectivity index (χ3v) is 6.53. The Morgan fingerprint density at radius 2 is 1.91 bits per heavy atom. The predicted octanol–water partition coefficient (Wildman–Crippen LogP) is 5.85. The molecule has 2 aromatic carbocycles. The van der Waals surface area contributed by atoms with Crippen molar-refractivity contribution in [2.45, 2.75) is 12.1 Å². The first-order valence-corrected chi connectivity index (χ1v) is 12.1. The first kappa shape index (κ1) is 23.2. The van der Waals surface area contributed by atoms with E-state index in [1.54, 1.807) is 35.4 Å². The van der Waals surface area contributed by atoms with Gasteiger partial charge in [-0.2, -0.15) is 0 Å². The molecule has 9 heteroatoms. The number of para-hydroxylation sites is 1. The van der Waals surface area contributed by atoms with Gasteiger partial charge in [-0.25, -0.2) is 4.39 Å². The largest absolute Gasteiger partial charge is 0.459 e. The number of thiocarbonyl (C=S) groups is 1. The lowest BCUT2D eigenvalue weighted by Gasteiger charge is -2.25. The molecule has 35 heavy (non-hydrogen) atoms. The number of carbonyl (C=O) groups excluding carboxylic acids is 1. The number of hydrogen-bond donors (Lipinski definition) is 2. The van der Waals surface area contributed by atoms with Crippen LogP contribution in [0.2, 0.25) is 0 Å². The maximum Gasteiger partial charge on any atom is 0.244 e. The molecule has 0 spiro atoms. The summed E-state index contributed by atoms with van der Waals surface area (Å²) in [5.74, 6) is 0.299. The van der Waals surface area contributed by atoms with Crippen molar-refractivity contribution in [2.75, 3.05) is 11.9 Å². The Balaban J connectivity index is 1.47. The molecule has 1 saturated heterocycles. The number of rotatable bonds is 6. The normalized spacial score (nSPS) is 17.3. The summed E-state index contributed by atoms with van der Waals surface area (Å²) in [4.78, 5) is 19.2. The molecule has 176 valence electrons. The maximum absolute atomic E-state index is 14.6. The molecule has 1 amide bonds. The molecular weight excluding hydrogens is 531 g/mol. The number of nitrogens with one attached hydrogen (secondary N) is 2. The topological polar surface area (TPSA) is 70.4 Å². The van der Waals surface area contributed by atoms with Crippen molar-refractivity contribution in [1.29, 1.82) is 0 Å². The van der Waals surface area contributed by atoms with Crippen LogP contribution in [0.4, 0.5) is 10.1 Å². The van der Waals surface area contributed by atoms with Crippen molar-refractivity contribution in [3.05, 3.63) is 107 Å². The van der Waals surface area contributed by atoms with Crippen molar-refractivity contribution in [3.8, 4) is 11.3 Å². The lowest BCUT2D eigenvalue weighted by molar-refractivity contribution is -0.116. The average molecular weight is 551 g/mol. The third-order valence-electron chi connectivity index (χ3n) is 5.68. The van der Waals surface area contributed by atoms with Gasteiger partial charge in [0.1, 0.15) is 29.9 Å². The Morgan fingerprint density at radius 3 is 2.66 bits per heavy atom. The molecule has 0 aliphatic carbocycles. The van der Waals surface area contributed by atoms with E-state index in [1.807, 2.05) is 48.5 Å². The Labute approximate surface area is 215 Å². The molecule has 2 aromatic heterocycles. The van der Waals surface area contributed by atoms with E-state index in [2.05, 4.69) is 31.5 Å². The highest BCUT2D eigenvalue weighted by molar-refractivity contribution is 9.10. The van der Waals surface area contributed by atoms with Crippen molar-refractivity contribution in [1.82, 2.24) is 15.2 Å². The minimum atomic E-state index is -0.466. The number of nitrogens with zero attached hydrogens (tertiary/aromatic N) is 2. The van der Waals surface area contributed by atoms with E-state index < -0.39 is 11.9 Å². The number of carbonyl (C=O) groups is 1. The van der Waals surface area contributed by atoms with Crippen LogP contribution in [0.25, 0.3) is 11.3 Å². The highest BCUT2D eigenvalue weighted by Gasteiger charge is 2.42. The minimum absolute atomic E-state index is 0.00257. The zero-order chi connectivity index (χ0) is 24.4. The van der Waals surface area contributed by atoms with Crippen molar-refractivity contribution in [2.24, 2.45) is 0 Å². The van der Waals surface area contributed by atoms with Gasteiger partial charge in [0.25, 0.3) is 0 Å². The van der Waals surface area contributed by atoms with Crippen molar-refractivity contribution in [3.63, 3.8) is 0 Å². The molecule has 3 heterocycles. The molecule has 2 atom stereocenters. The summed E-state index contributed by atoms with van der Waals surface area (Å²) >= 11 is 8.89. The van der Waals surface area contributed by atoms with Crippen LogP contribution in [0.3, 0.4) is 0 Å². The zero-order valence-corrected chi connectivity index (χ0v) is 20.7. The van der Waals surface area contributed by atoms with E-state index in [0.717, 1.165) is 5.69 Å². The van der Waals surface area contributed by atoms with Crippen LogP contribution in [0.1, 0.15) is 23.5 Å². The second kappa shape index (κ2) is 9.97.